The van der Waals surface area contributed by atoms with Crippen molar-refractivity contribution in [1.29, 1.82) is 0 Å². The second kappa shape index (κ2) is 4.95. The van der Waals surface area contributed by atoms with Crippen molar-refractivity contribution in [3.63, 3.8) is 0 Å². The summed E-state index contributed by atoms with van der Waals surface area (Å²) in [6.45, 7) is 0. The third-order valence-corrected chi connectivity index (χ3v) is 2.58. The third kappa shape index (κ3) is 2.34. The molecule has 0 radical (unpaired) electrons. The molecule has 3 aromatic rings. The summed E-state index contributed by atoms with van der Waals surface area (Å²) in [4.78, 5) is 12.1. The van der Waals surface area contributed by atoms with Crippen LogP contribution in [-0.4, -0.2) is 25.2 Å². The van der Waals surface area contributed by atoms with Crippen molar-refractivity contribution in [3.8, 4) is 11.5 Å². The highest BCUT2D eigenvalue weighted by Gasteiger charge is 2.18. The van der Waals surface area contributed by atoms with Gasteiger partial charge in [0.1, 0.15) is 5.69 Å². The number of hydrogen-bond donors (Lipinski definition) is 1. The maximum absolute atomic E-state index is 10.1. The second-order valence-electron chi connectivity index (χ2n) is 3.86. The fraction of sp³-hybridized carbons (Fsp3) is 0.0769. The van der Waals surface area contributed by atoms with Gasteiger partial charge in [-0.15, -0.1) is 0 Å². The Morgan fingerprint density at radius 2 is 1.95 bits per heavy atom. The van der Waals surface area contributed by atoms with Gasteiger partial charge < -0.3 is 9.63 Å². The zero-order valence-corrected chi connectivity index (χ0v) is 9.84. The van der Waals surface area contributed by atoms with Crippen molar-refractivity contribution in [1.82, 2.24) is 20.1 Å². The van der Waals surface area contributed by atoms with Gasteiger partial charge in [-0.2, -0.15) is 4.98 Å². The average molecular weight is 254 g/mol. The van der Waals surface area contributed by atoms with Gasteiger partial charge in [0.2, 0.25) is 5.82 Å². The Kier molecular flexibility index (Phi) is 2.99. The third-order valence-electron chi connectivity index (χ3n) is 2.58. The highest BCUT2D eigenvalue weighted by Crippen LogP contribution is 2.21. The Bertz CT molecular complexity index is 655. The number of aliphatic hydroxyl groups is 1. The lowest BCUT2D eigenvalue weighted by Gasteiger charge is -2.04. The highest BCUT2D eigenvalue weighted by molar-refractivity contribution is 5.45. The van der Waals surface area contributed by atoms with E-state index in [2.05, 4.69) is 20.1 Å². The summed E-state index contributed by atoms with van der Waals surface area (Å²) in [5.41, 5.74) is 1.19. The summed E-state index contributed by atoms with van der Waals surface area (Å²) in [5.74, 6) is 0.435. The van der Waals surface area contributed by atoms with Crippen LogP contribution in [0.25, 0.3) is 11.5 Å². The molecule has 0 aliphatic rings. The number of hydrogen-bond acceptors (Lipinski definition) is 6. The van der Waals surface area contributed by atoms with E-state index in [1.807, 2.05) is 18.2 Å². The van der Waals surface area contributed by atoms with E-state index in [-0.39, 0.29) is 5.89 Å². The van der Waals surface area contributed by atoms with E-state index in [0.29, 0.717) is 17.1 Å². The standard InChI is InChI=1S/C13H10N4O2/c18-11(9-4-2-1-3-5-9)13-16-12(17-19-13)10-8-14-6-7-15-10/h1-8,11,18H. The van der Waals surface area contributed by atoms with E-state index in [4.69, 9.17) is 4.52 Å². The Morgan fingerprint density at radius 3 is 2.68 bits per heavy atom. The quantitative estimate of drug-likeness (QED) is 0.764. The van der Waals surface area contributed by atoms with Crippen LogP contribution < -0.4 is 0 Å². The molecule has 0 aliphatic carbocycles. The van der Waals surface area contributed by atoms with Gasteiger partial charge in [0.05, 0.1) is 6.20 Å². The van der Waals surface area contributed by atoms with Gasteiger partial charge in [0.25, 0.3) is 5.89 Å². The molecule has 1 atom stereocenters. The van der Waals surface area contributed by atoms with Crippen molar-refractivity contribution >= 4 is 0 Å². The van der Waals surface area contributed by atoms with Crippen LogP contribution in [0.1, 0.15) is 17.6 Å². The first-order chi connectivity index (χ1) is 9.34. The number of rotatable bonds is 3. The Labute approximate surface area is 108 Å². The summed E-state index contributed by atoms with van der Waals surface area (Å²) in [5, 5.41) is 13.9. The van der Waals surface area contributed by atoms with Crippen LogP contribution in [0.2, 0.25) is 0 Å². The molecule has 2 aromatic heterocycles. The van der Waals surface area contributed by atoms with E-state index in [1.165, 1.54) is 6.20 Å². The Hall–Kier alpha value is -2.60. The van der Waals surface area contributed by atoms with E-state index < -0.39 is 6.10 Å². The normalized spacial score (nSPS) is 12.3. The van der Waals surface area contributed by atoms with Gasteiger partial charge >= 0.3 is 0 Å². The lowest BCUT2D eigenvalue weighted by molar-refractivity contribution is 0.170. The van der Waals surface area contributed by atoms with Crippen molar-refractivity contribution < 1.29 is 9.63 Å². The zero-order chi connectivity index (χ0) is 13.1. The Morgan fingerprint density at radius 1 is 1.11 bits per heavy atom. The molecule has 3 rings (SSSR count). The van der Waals surface area contributed by atoms with Crippen LogP contribution in [0, 0.1) is 0 Å². The number of aromatic nitrogens is 4. The maximum Gasteiger partial charge on any atom is 0.260 e. The van der Waals surface area contributed by atoms with Crippen molar-refractivity contribution in [2.45, 2.75) is 6.10 Å². The highest BCUT2D eigenvalue weighted by atomic mass is 16.5. The molecule has 0 spiro atoms. The fourth-order valence-corrected chi connectivity index (χ4v) is 1.64. The molecule has 6 heteroatoms. The molecular weight excluding hydrogens is 244 g/mol. The first kappa shape index (κ1) is 11.5. The van der Waals surface area contributed by atoms with Gasteiger partial charge in [0, 0.05) is 12.4 Å². The smallest absolute Gasteiger partial charge is 0.260 e. The predicted molar refractivity (Wildman–Crippen MR) is 65.8 cm³/mol. The van der Waals surface area contributed by atoms with Crippen molar-refractivity contribution in [2.75, 3.05) is 0 Å². The van der Waals surface area contributed by atoms with Gasteiger partial charge in [0.15, 0.2) is 6.10 Å². The number of benzene rings is 1. The van der Waals surface area contributed by atoms with Gasteiger partial charge in [-0.05, 0) is 5.56 Å². The van der Waals surface area contributed by atoms with Gasteiger partial charge in [-0.25, -0.2) is 4.98 Å². The van der Waals surface area contributed by atoms with Crippen LogP contribution in [0.5, 0.6) is 0 Å². The topological polar surface area (TPSA) is 84.9 Å². The largest absolute Gasteiger partial charge is 0.378 e. The fourth-order valence-electron chi connectivity index (χ4n) is 1.64. The molecule has 1 unspecified atom stereocenters. The first-order valence-corrected chi connectivity index (χ1v) is 5.67. The SMILES string of the molecule is OC(c1ccccc1)c1nc(-c2cnccn2)no1. The molecule has 0 fully saturated rings. The van der Waals surface area contributed by atoms with Crippen molar-refractivity contribution in [3.05, 3.63) is 60.4 Å². The molecule has 2 heterocycles. The maximum atomic E-state index is 10.1. The minimum absolute atomic E-state index is 0.131. The first-order valence-electron chi connectivity index (χ1n) is 5.67. The lowest BCUT2D eigenvalue weighted by atomic mass is 10.1. The summed E-state index contributed by atoms with van der Waals surface area (Å²) in [6, 6.07) is 9.11. The van der Waals surface area contributed by atoms with Crippen LogP contribution >= 0.6 is 0 Å². The summed E-state index contributed by atoms with van der Waals surface area (Å²) >= 11 is 0. The molecule has 0 amide bonds. The van der Waals surface area contributed by atoms with E-state index >= 15 is 0 Å². The molecule has 19 heavy (non-hydrogen) atoms. The molecular formula is C13H10N4O2. The lowest BCUT2D eigenvalue weighted by Crippen LogP contribution is -1.99. The minimum atomic E-state index is -0.945. The molecule has 94 valence electrons. The van der Waals surface area contributed by atoms with Gasteiger partial charge in [-0.1, -0.05) is 35.5 Å². The summed E-state index contributed by atoms with van der Waals surface area (Å²) in [7, 11) is 0. The van der Waals surface area contributed by atoms with E-state index in [1.54, 1.807) is 24.5 Å². The monoisotopic (exact) mass is 254 g/mol. The minimum Gasteiger partial charge on any atom is -0.378 e. The molecule has 1 aromatic carbocycles. The van der Waals surface area contributed by atoms with E-state index in [9.17, 15) is 5.11 Å². The second-order valence-corrected chi connectivity index (χ2v) is 3.86. The van der Waals surface area contributed by atoms with Crippen LogP contribution in [0.15, 0.2) is 53.4 Å². The molecule has 0 bridgehead atoms. The van der Waals surface area contributed by atoms with Crippen LogP contribution in [0.3, 0.4) is 0 Å². The van der Waals surface area contributed by atoms with Gasteiger partial charge in [-0.3, -0.25) is 4.98 Å². The predicted octanol–water partition coefficient (Wildman–Crippen LogP) is 1.61. The summed E-state index contributed by atoms with van der Waals surface area (Å²) < 4.78 is 5.06. The zero-order valence-electron chi connectivity index (χ0n) is 9.84. The molecule has 6 nitrogen and oxygen atoms in total. The number of aliphatic hydroxyl groups excluding tert-OH is 1. The molecule has 1 N–H and O–H groups in total. The average Bonchev–Trinajstić information content (AvgIpc) is 2.98. The van der Waals surface area contributed by atoms with Crippen LogP contribution in [-0.2, 0) is 0 Å². The molecule has 0 saturated carbocycles. The van der Waals surface area contributed by atoms with Crippen molar-refractivity contribution in [2.24, 2.45) is 0 Å². The van der Waals surface area contributed by atoms with E-state index in [0.717, 1.165) is 0 Å². The molecule has 0 saturated heterocycles. The summed E-state index contributed by atoms with van der Waals surface area (Å²) in [6.07, 6.45) is 3.69. The molecule has 0 aliphatic heterocycles. The Balaban J connectivity index is 1.90. The number of nitrogens with zero attached hydrogens (tertiary/aromatic N) is 4. The van der Waals surface area contributed by atoms with Crippen LogP contribution in [0.4, 0.5) is 0 Å².